The van der Waals surface area contributed by atoms with Gasteiger partial charge < -0.3 is 10.1 Å². The molecule has 18 heavy (non-hydrogen) atoms. The van der Waals surface area contributed by atoms with Gasteiger partial charge in [0.1, 0.15) is 5.75 Å². The van der Waals surface area contributed by atoms with E-state index in [1.165, 1.54) is 17.5 Å². The summed E-state index contributed by atoms with van der Waals surface area (Å²) in [5, 5.41) is 4.40. The van der Waals surface area contributed by atoms with Crippen LogP contribution in [0.5, 0.6) is 5.75 Å². The molecule has 3 nitrogen and oxygen atoms in total. The fourth-order valence-electron chi connectivity index (χ4n) is 1.81. The molecule has 0 aliphatic carbocycles. The highest BCUT2D eigenvalue weighted by molar-refractivity contribution is 7.22. The molecule has 0 aliphatic heterocycles. The molecular weight excluding hydrogens is 244 g/mol. The Morgan fingerprint density at radius 2 is 2.22 bits per heavy atom. The zero-order valence-electron chi connectivity index (χ0n) is 11.2. The number of methoxy groups -OCH3 is 1. The molecule has 2 aromatic rings. The zero-order chi connectivity index (χ0) is 13.0. The summed E-state index contributed by atoms with van der Waals surface area (Å²) in [5.74, 6) is 1.66. The molecule has 1 aromatic heterocycles. The molecule has 1 N–H and O–H groups in total. The summed E-state index contributed by atoms with van der Waals surface area (Å²) in [6.07, 6.45) is 2.45. The third kappa shape index (κ3) is 3.35. The summed E-state index contributed by atoms with van der Waals surface area (Å²) in [6, 6.07) is 5.99. The number of nitrogens with one attached hydrogen (secondary N) is 1. The van der Waals surface area contributed by atoms with Crippen LogP contribution in [-0.2, 0) is 0 Å². The van der Waals surface area contributed by atoms with Crippen LogP contribution in [0.4, 0.5) is 5.13 Å². The number of hydrogen-bond donors (Lipinski definition) is 1. The Kier molecular flexibility index (Phi) is 4.42. The normalized spacial score (nSPS) is 11.1. The van der Waals surface area contributed by atoms with E-state index in [1.807, 2.05) is 18.2 Å². The summed E-state index contributed by atoms with van der Waals surface area (Å²) in [6.45, 7) is 5.50. The molecule has 0 unspecified atom stereocenters. The molecule has 0 radical (unpaired) electrons. The predicted molar refractivity (Wildman–Crippen MR) is 78.7 cm³/mol. The maximum Gasteiger partial charge on any atom is 0.183 e. The van der Waals surface area contributed by atoms with E-state index in [0.717, 1.165) is 28.9 Å². The van der Waals surface area contributed by atoms with Gasteiger partial charge in [-0.3, -0.25) is 0 Å². The van der Waals surface area contributed by atoms with E-state index in [9.17, 15) is 0 Å². The average Bonchev–Trinajstić information content (AvgIpc) is 2.75. The first-order chi connectivity index (χ1) is 8.69. The molecule has 0 saturated carbocycles. The number of ether oxygens (including phenoxy) is 1. The lowest BCUT2D eigenvalue weighted by molar-refractivity contribution is 0.415. The van der Waals surface area contributed by atoms with Crippen molar-refractivity contribution in [2.45, 2.75) is 26.7 Å². The first-order valence-electron chi connectivity index (χ1n) is 6.37. The maximum absolute atomic E-state index is 5.21. The van der Waals surface area contributed by atoms with Crippen LogP contribution in [-0.4, -0.2) is 18.6 Å². The van der Waals surface area contributed by atoms with Gasteiger partial charge in [0.25, 0.3) is 0 Å². The SMILES string of the molecule is COc1ccc2nc(NCCCC(C)C)sc2c1. The van der Waals surface area contributed by atoms with Gasteiger partial charge >= 0.3 is 0 Å². The summed E-state index contributed by atoms with van der Waals surface area (Å²) >= 11 is 1.68. The first kappa shape index (κ1) is 13.1. The zero-order valence-corrected chi connectivity index (χ0v) is 12.0. The summed E-state index contributed by atoms with van der Waals surface area (Å²) < 4.78 is 6.38. The van der Waals surface area contributed by atoms with E-state index in [-0.39, 0.29) is 0 Å². The second-order valence-corrected chi connectivity index (χ2v) is 5.85. The van der Waals surface area contributed by atoms with Crippen LogP contribution in [0, 0.1) is 5.92 Å². The fourth-order valence-corrected chi connectivity index (χ4v) is 2.73. The molecule has 98 valence electrons. The van der Waals surface area contributed by atoms with Crippen LogP contribution in [0.1, 0.15) is 26.7 Å². The van der Waals surface area contributed by atoms with Gasteiger partial charge in [0.05, 0.1) is 17.3 Å². The van der Waals surface area contributed by atoms with Crippen LogP contribution in [0.2, 0.25) is 0 Å². The fraction of sp³-hybridized carbons (Fsp3) is 0.500. The van der Waals surface area contributed by atoms with Crippen LogP contribution in [0.3, 0.4) is 0 Å². The van der Waals surface area contributed by atoms with E-state index >= 15 is 0 Å². The molecule has 1 aromatic carbocycles. The quantitative estimate of drug-likeness (QED) is 0.796. The van der Waals surface area contributed by atoms with Crippen molar-refractivity contribution in [3.63, 3.8) is 0 Å². The second kappa shape index (κ2) is 6.05. The minimum absolute atomic E-state index is 0.770. The van der Waals surface area contributed by atoms with Gasteiger partial charge in [-0.05, 0) is 37.0 Å². The monoisotopic (exact) mass is 264 g/mol. The van der Waals surface area contributed by atoms with Crippen molar-refractivity contribution in [2.24, 2.45) is 5.92 Å². The minimum Gasteiger partial charge on any atom is -0.497 e. The van der Waals surface area contributed by atoms with Gasteiger partial charge in [-0.2, -0.15) is 0 Å². The molecule has 0 saturated heterocycles. The van der Waals surface area contributed by atoms with Gasteiger partial charge in [-0.1, -0.05) is 25.2 Å². The molecule has 2 rings (SSSR count). The molecule has 0 bridgehead atoms. The number of nitrogens with zero attached hydrogens (tertiary/aromatic N) is 1. The number of fused-ring (bicyclic) bond motifs is 1. The van der Waals surface area contributed by atoms with Crippen LogP contribution in [0.25, 0.3) is 10.2 Å². The van der Waals surface area contributed by atoms with Crippen molar-refractivity contribution in [3.8, 4) is 5.75 Å². The van der Waals surface area contributed by atoms with E-state index in [0.29, 0.717) is 0 Å². The number of thiazole rings is 1. The number of anilines is 1. The number of aromatic nitrogens is 1. The number of hydrogen-bond acceptors (Lipinski definition) is 4. The van der Waals surface area contributed by atoms with E-state index in [4.69, 9.17) is 4.74 Å². The van der Waals surface area contributed by atoms with Gasteiger partial charge in [-0.15, -0.1) is 0 Å². The molecule has 1 heterocycles. The van der Waals surface area contributed by atoms with Crippen LogP contribution < -0.4 is 10.1 Å². The third-order valence-corrected chi connectivity index (χ3v) is 3.81. The smallest absolute Gasteiger partial charge is 0.183 e. The number of rotatable bonds is 6. The van der Waals surface area contributed by atoms with E-state index < -0.39 is 0 Å². The summed E-state index contributed by atoms with van der Waals surface area (Å²) in [5.41, 5.74) is 1.03. The van der Waals surface area contributed by atoms with Crippen molar-refractivity contribution >= 4 is 26.7 Å². The van der Waals surface area contributed by atoms with Crippen molar-refractivity contribution in [1.82, 2.24) is 4.98 Å². The third-order valence-electron chi connectivity index (χ3n) is 2.83. The second-order valence-electron chi connectivity index (χ2n) is 4.82. The molecule has 4 heteroatoms. The van der Waals surface area contributed by atoms with Crippen molar-refractivity contribution in [3.05, 3.63) is 18.2 Å². The largest absolute Gasteiger partial charge is 0.497 e. The number of benzene rings is 1. The van der Waals surface area contributed by atoms with Crippen molar-refractivity contribution in [1.29, 1.82) is 0 Å². The van der Waals surface area contributed by atoms with Gasteiger partial charge in [-0.25, -0.2) is 4.98 Å². The Morgan fingerprint density at radius 3 is 2.94 bits per heavy atom. The average molecular weight is 264 g/mol. The minimum atomic E-state index is 0.770. The van der Waals surface area contributed by atoms with Gasteiger partial charge in [0, 0.05) is 6.54 Å². The Morgan fingerprint density at radius 1 is 1.39 bits per heavy atom. The molecule has 0 aliphatic rings. The Balaban J connectivity index is 1.97. The predicted octanol–water partition coefficient (Wildman–Crippen LogP) is 4.15. The lowest BCUT2D eigenvalue weighted by Crippen LogP contribution is -2.02. The van der Waals surface area contributed by atoms with Gasteiger partial charge in [0.15, 0.2) is 5.13 Å². The highest BCUT2D eigenvalue weighted by atomic mass is 32.1. The van der Waals surface area contributed by atoms with Crippen LogP contribution in [0.15, 0.2) is 18.2 Å². The molecule has 0 amide bonds. The molecule has 0 spiro atoms. The van der Waals surface area contributed by atoms with Gasteiger partial charge in [0.2, 0.25) is 0 Å². The summed E-state index contributed by atoms with van der Waals surface area (Å²) in [4.78, 5) is 4.56. The summed E-state index contributed by atoms with van der Waals surface area (Å²) in [7, 11) is 1.69. The topological polar surface area (TPSA) is 34.1 Å². The molecule has 0 atom stereocenters. The highest BCUT2D eigenvalue weighted by Gasteiger charge is 2.04. The lowest BCUT2D eigenvalue weighted by Gasteiger charge is -2.04. The van der Waals surface area contributed by atoms with E-state index in [1.54, 1.807) is 18.4 Å². The van der Waals surface area contributed by atoms with Crippen molar-refractivity contribution in [2.75, 3.05) is 19.0 Å². The highest BCUT2D eigenvalue weighted by Crippen LogP contribution is 2.29. The Labute approximate surface area is 112 Å². The van der Waals surface area contributed by atoms with Crippen molar-refractivity contribution < 1.29 is 4.74 Å². The first-order valence-corrected chi connectivity index (χ1v) is 7.19. The molecule has 0 fully saturated rings. The Hall–Kier alpha value is -1.29. The maximum atomic E-state index is 5.21. The van der Waals surface area contributed by atoms with Crippen LogP contribution >= 0.6 is 11.3 Å². The standard InChI is InChI=1S/C14H20N2OS/c1-10(2)5-4-8-15-14-16-12-7-6-11(17-3)9-13(12)18-14/h6-7,9-10H,4-5,8H2,1-3H3,(H,15,16). The Bertz CT molecular complexity index is 507. The van der Waals surface area contributed by atoms with E-state index in [2.05, 4.69) is 24.1 Å². The lowest BCUT2D eigenvalue weighted by atomic mass is 10.1. The molecular formula is C14H20N2OS.